The van der Waals surface area contributed by atoms with E-state index in [0.717, 1.165) is 29.8 Å². The van der Waals surface area contributed by atoms with Gasteiger partial charge in [-0.25, -0.2) is 0 Å². The summed E-state index contributed by atoms with van der Waals surface area (Å²) in [6.45, 7) is 6.80. The number of rotatable bonds is 7. The molecule has 0 saturated heterocycles. The number of aromatic nitrogens is 2. The minimum absolute atomic E-state index is 0.0386. The Balaban J connectivity index is 2.04. The molecular weight excluding hydrogens is 262 g/mol. The largest absolute Gasteiger partial charge is 0.487 e. The van der Waals surface area contributed by atoms with Gasteiger partial charge >= 0.3 is 0 Å². The van der Waals surface area contributed by atoms with Gasteiger partial charge in [-0.05, 0) is 31.9 Å². The molecule has 0 saturated carbocycles. The van der Waals surface area contributed by atoms with Crippen LogP contribution < -0.4 is 10.5 Å². The standard InChI is InChI=1S/C17H25N3O/c1-4-15(5-2)20-11-10-14(19-20)12-21-17-9-7-6-8-16(17)13(3)18/h6-11,13,15H,4-5,12,18H2,1-3H3. The van der Waals surface area contributed by atoms with E-state index in [0.29, 0.717) is 12.6 Å². The predicted octanol–water partition coefficient (Wildman–Crippen LogP) is 3.84. The van der Waals surface area contributed by atoms with Crippen molar-refractivity contribution >= 4 is 0 Å². The molecule has 4 heteroatoms. The van der Waals surface area contributed by atoms with Gasteiger partial charge in [-0.15, -0.1) is 0 Å². The average molecular weight is 287 g/mol. The molecule has 114 valence electrons. The molecule has 0 aliphatic rings. The van der Waals surface area contributed by atoms with E-state index in [-0.39, 0.29) is 6.04 Å². The Morgan fingerprint density at radius 1 is 1.19 bits per heavy atom. The molecule has 2 aromatic rings. The van der Waals surface area contributed by atoms with Crippen LogP contribution in [0.15, 0.2) is 36.5 Å². The zero-order valence-electron chi connectivity index (χ0n) is 13.1. The highest BCUT2D eigenvalue weighted by Gasteiger charge is 2.10. The second kappa shape index (κ2) is 7.27. The summed E-state index contributed by atoms with van der Waals surface area (Å²) in [6, 6.07) is 10.3. The van der Waals surface area contributed by atoms with Crippen LogP contribution in [-0.4, -0.2) is 9.78 Å². The molecule has 0 fully saturated rings. The minimum Gasteiger partial charge on any atom is -0.487 e. The van der Waals surface area contributed by atoms with Gasteiger partial charge in [0.2, 0.25) is 0 Å². The molecule has 0 spiro atoms. The summed E-state index contributed by atoms with van der Waals surface area (Å²) in [5.41, 5.74) is 7.93. The van der Waals surface area contributed by atoms with Crippen molar-refractivity contribution in [1.29, 1.82) is 0 Å². The number of nitrogens with two attached hydrogens (primary N) is 1. The molecule has 1 aromatic heterocycles. The Morgan fingerprint density at radius 2 is 1.90 bits per heavy atom. The molecule has 0 bridgehead atoms. The summed E-state index contributed by atoms with van der Waals surface area (Å²) in [6.07, 6.45) is 4.21. The third kappa shape index (κ3) is 3.85. The first-order valence-electron chi connectivity index (χ1n) is 7.67. The van der Waals surface area contributed by atoms with Crippen LogP contribution in [0.3, 0.4) is 0 Å². The van der Waals surface area contributed by atoms with Crippen LogP contribution in [0.2, 0.25) is 0 Å². The molecule has 2 rings (SSSR count). The Labute approximate surface area is 126 Å². The average Bonchev–Trinajstić information content (AvgIpc) is 2.95. The fourth-order valence-corrected chi connectivity index (χ4v) is 2.46. The molecule has 1 heterocycles. The van der Waals surface area contributed by atoms with Gasteiger partial charge in [0, 0.05) is 17.8 Å². The molecule has 1 unspecified atom stereocenters. The molecule has 21 heavy (non-hydrogen) atoms. The monoisotopic (exact) mass is 287 g/mol. The van der Waals surface area contributed by atoms with E-state index in [4.69, 9.17) is 10.5 Å². The summed E-state index contributed by atoms with van der Waals surface area (Å²) in [5, 5.41) is 4.60. The first-order chi connectivity index (χ1) is 10.2. The van der Waals surface area contributed by atoms with Crippen LogP contribution in [0, 0.1) is 0 Å². The lowest BCUT2D eigenvalue weighted by Crippen LogP contribution is -2.10. The van der Waals surface area contributed by atoms with Crippen molar-refractivity contribution in [2.24, 2.45) is 5.73 Å². The number of hydrogen-bond acceptors (Lipinski definition) is 3. The smallest absolute Gasteiger partial charge is 0.132 e. The zero-order chi connectivity index (χ0) is 15.2. The molecular formula is C17H25N3O. The third-order valence-electron chi connectivity index (χ3n) is 3.77. The fourth-order valence-electron chi connectivity index (χ4n) is 2.46. The molecule has 0 aliphatic heterocycles. The van der Waals surface area contributed by atoms with Crippen LogP contribution >= 0.6 is 0 Å². The first kappa shape index (κ1) is 15.6. The maximum absolute atomic E-state index is 5.96. The van der Waals surface area contributed by atoms with E-state index in [1.54, 1.807) is 0 Å². The van der Waals surface area contributed by atoms with E-state index in [1.807, 2.05) is 48.1 Å². The Bertz CT molecular complexity index is 559. The van der Waals surface area contributed by atoms with Crippen molar-refractivity contribution in [1.82, 2.24) is 9.78 Å². The van der Waals surface area contributed by atoms with Gasteiger partial charge in [0.1, 0.15) is 12.4 Å². The highest BCUT2D eigenvalue weighted by atomic mass is 16.5. The Morgan fingerprint density at radius 3 is 2.57 bits per heavy atom. The third-order valence-corrected chi connectivity index (χ3v) is 3.77. The molecule has 1 aromatic carbocycles. The number of benzene rings is 1. The SMILES string of the molecule is CCC(CC)n1ccc(COc2ccccc2C(C)N)n1. The van der Waals surface area contributed by atoms with Crippen molar-refractivity contribution in [2.45, 2.75) is 52.3 Å². The Hall–Kier alpha value is -1.81. The summed E-state index contributed by atoms with van der Waals surface area (Å²) in [5.74, 6) is 0.838. The summed E-state index contributed by atoms with van der Waals surface area (Å²) < 4.78 is 7.93. The van der Waals surface area contributed by atoms with Crippen molar-refractivity contribution in [3.05, 3.63) is 47.8 Å². The molecule has 2 N–H and O–H groups in total. The van der Waals surface area contributed by atoms with Gasteiger partial charge < -0.3 is 10.5 Å². The van der Waals surface area contributed by atoms with Crippen molar-refractivity contribution in [3.63, 3.8) is 0 Å². The number of ether oxygens (including phenoxy) is 1. The molecule has 1 atom stereocenters. The quantitative estimate of drug-likeness (QED) is 0.841. The minimum atomic E-state index is -0.0386. The molecule has 0 radical (unpaired) electrons. The fraction of sp³-hybridized carbons (Fsp3) is 0.471. The highest BCUT2D eigenvalue weighted by molar-refractivity contribution is 5.35. The number of nitrogens with zero attached hydrogens (tertiary/aromatic N) is 2. The van der Waals surface area contributed by atoms with Crippen molar-refractivity contribution in [3.8, 4) is 5.75 Å². The number of hydrogen-bond donors (Lipinski definition) is 1. The lowest BCUT2D eigenvalue weighted by atomic mass is 10.1. The van der Waals surface area contributed by atoms with Crippen LogP contribution in [0.4, 0.5) is 0 Å². The second-order valence-electron chi connectivity index (χ2n) is 5.37. The van der Waals surface area contributed by atoms with Gasteiger partial charge in [0.15, 0.2) is 0 Å². The Kier molecular flexibility index (Phi) is 5.39. The zero-order valence-corrected chi connectivity index (χ0v) is 13.1. The lowest BCUT2D eigenvalue weighted by molar-refractivity contribution is 0.293. The van der Waals surface area contributed by atoms with Crippen molar-refractivity contribution < 1.29 is 4.74 Å². The van der Waals surface area contributed by atoms with E-state index < -0.39 is 0 Å². The second-order valence-corrected chi connectivity index (χ2v) is 5.37. The van der Waals surface area contributed by atoms with Gasteiger partial charge in [-0.2, -0.15) is 5.10 Å². The van der Waals surface area contributed by atoms with Crippen molar-refractivity contribution in [2.75, 3.05) is 0 Å². The normalized spacial score (nSPS) is 12.6. The predicted molar refractivity (Wildman–Crippen MR) is 85.2 cm³/mol. The van der Waals surface area contributed by atoms with Gasteiger partial charge in [-0.1, -0.05) is 32.0 Å². The molecule has 4 nitrogen and oxygen atoms in total. The van der Waals surface area contributed by atoms with E-state index in [2.05, 4.69) is 18.9 Å². The van der Waals surface area contributed by atoms with Crippen LogP contribution in [0.25, 0.3) is 0 Å². The summed E-state index contributed by atoms with van der Waals surface area (Å²) in [7, 11) is 0. The maximum atomic E-state index is 5.96. The first-order valence-corrected chi connectivity index (χ1v) is 7.67. The summed E-state index contributed by atoms with van der Waals surface area (Å²) in [4.78, 5) is 0. The van der Waals surface area contributed by atoms with Crippen LogP contribution in [0.1, 0.15) is 57.0 Å². The van der Waals surface area contributed by atoms with E-state index in [1.165, 1.54) is 0 Å². The number of para-hydroxylation sites is 1. The van der Waals surface area contributed by atoms with E-state index >= 15 is 0 Å². The van der Waals surface area contributed by atoms with Crippen LogP contribution in [-0.2, 0) is 6.61 Å². The van der Waals surface area contributed by atoms with Gasteiger partial charge in [0.25, 0.3) is 0 Å². The van der Waals surface area contributed by atoms with Gasteiger partial charge in [-0.3, -0.25) is 4.68 Å². The lowest BCUT2D eigenvalue weighted by Gasteiger charge is -2.14. The topological polar surface area (TPSA) is 53.1 Å². The van der Waals surface area contributed by atoms with Crippen LogP contribution in [0.5, 0.6) is 5.75 Å². The highest BCUT2D eigenvalue weighted by Crippen LogP contribution is 2.24. The summed E-state index contributed by atoms with van der Waals surface area (Å²) >= 11 is 0. The molecule has 0 amide bonds. The van der Waals surface area contributed by atoms with E-state index in [9.17, 15) is 0 Å². The maximum Gasteiger partial charge on any atom is 0.132 e. The van der Waals surface area contributed by atoms with Gasteiger partial charge in [0.05, 0.1) is 11.7 Å². The molecule has 0 aliphatic carbocycles.